The lowest BCUT2D eigenvalue weighted by Crippen LogP contribution is -2.53. The molecule has 1 aromatic heterocycles. The fourth-order valence-electron chi connectivity index (χ4n) is 4.13. The Morgan fingerprint density at radius 1 is 1.15 bits per heavy atom. The van der Waals surface area contributed by atoms with E-state index in [0.29, 0.717) is 0 Å². The lowest BCUT2D eigenvalue weighted by atomic mass is 10.1. The number of imidazole rings is 1. The largest absolute Gasteiger partial charge is 0.334 e. The summed E-state index contributed by atoms with van der Waals surface area (Å²) in [6.45, 7) is 13.4. The van der Waals surface area contributed by atoms with Crippen LogP contribution < -0.4 is 22.0 Å². The molecule has 1 atom stereocenters. The minimum atomic E-state index is -0.0712. The second kappa shape index (κ2) is 7.35. The summed E-state index contributed by atoms with van der Waals surface area (Å²) in [6.07, 6.45) is 1.79. The van der Waals surface area contributed by atoms with Gasteiger partial charge in [-0.05, 0) is 51.7 Å². The van der Waals surface area contributed by atoms with Crippen molar-refractivity contribution in [2.75, 3.05) is 6.54 Å². The van der Waals surface area contributed by atoms with Gasteiger partial charge in [0.2, 0.25) is 0 Å². The zero-order valence-electron chi connectivity index (χ0n) is 17.6. The Balaban J connectivity index is 2.39. The highest BCUT2D eigenvalue weighted by molar-refractivity contribution is 5.50. The van der Waals surface area contributed by atoms with E-state index in [1.807, 2.05) is 7.05 Å². The second-order valence-corrected chi connectivity index (χ2v) is 7.44. The molecular formula is C21H31N5O. The van der Waals surface area contributed by atoms with Gasteiger partial charge in [-0.2, -0.15) is 0 Å². The van der Waals surface area contributed by atoms with Gasteiger partial charge >= 0.3 is 5.69 Å². The molecule has 0 amide bonds. The molecule has 0 radical (unpaired) electrons. The van der Waals surface area contributed by atoms with Gasteiger partial charge in [0.1, 0.15) is 11.5 Å². The first-order chi connectivity index (χ1) is 12.8. The standard InChI is InChI=1S/C21H31N5O/c1-8-10-22-26-16(6)23-20-19(17(26)9-2)24(7)21(27)25(20)18-14(4)11-13(3)12-15(18)5/h11-12,16,22H,8-10H2,1-7H3. The number of hydrogen-bond donors (Lipinski definition) is 1. The number of hydrogen-bond acceptors (Lipinski definition) is 4. The van der Waals surface area contributed by atoms with Crippen LogP contribution in [-0.4, -0.2) is 26.9 Å². The molecule has 1 aromatic carbocycles. The molecule has 2 aromatic rings. The number of rotatable bonds is 5. The third-order valence-electron chi connectivity index (χ3n) is 5.21. The number of fused-ring (bicyclic) bond motifs is 1. The average Bonchev–Trinajstić information content (AvgIpc) is 2.83. The van der Waals surface area contributed by atoms with E-state index in [-0.39, 0.29) is 11.9 Å². The monoisotopic (exact) mass is 369 g/mol. The van der Waals surface area contributed by atoms with Gasteiger partial charge in [0.25, 0.3) is 0 Å². The maximum Gasteiger partial charge on any atom is 0.334 e. The summed E-state index contributed by atoms with van der Waals surface area (Å²) in [7, 11) is 1.84. The molecule has 0 bridgehead atoms. The van der Waals surface area contributed by atoms with Crippen molar-refractivity contribution in [2.45, 2.75) is 60.5 Å². The number of hydrazine groups is 1. The van der Waals surface area contributed by atoms with Crippen LogP contribution in [0.1, 0.15) is 50.3 Å². The maximum atomic E-state index is 13.2. The summed E-state index contributed by atoms with van der Waals surface area (Å²) in [4.78, 5) is 18.2. The van der Waals surface area contributed by atoms with Gasteiger partial charge in [0.05, 0.1) is 11.4 Å². The molecule has 0 saturated heterocycles. The van der Waals surface area contributed by atoms with E-state index in [0.717, 1.165) is 52.7 Å². The predicted molar refractivity (Wildman–Crippen MR) is 109 cm³/mol. The summed E-state index contributed by atoms with van der Waals surface area (Å²) in [5.41, 5.74) is 9.63. The molecule has 2 heterocycles. The number of nitrogens with zero attached hydrogens (tertiary/aromatic N) is 4. The van der Waals surface area contributed by atoms with Crippen LogP contribution in [-0.2, 0) is 7.05 Å². The van der Waals surface area contributed by atoms with Crippen molar-refractivity contribution in [3.8, 4) is 5.69 Å². The minimum absolute atomic E-state index is 0.0469. The molecule has 3 rings (SSSR count). The highest BCUT2D eigenvalue weighted by Gasteiger charge is 2.25. The quantitative estimate of drug-likeness (QED) is 0.875. The van der Waals surface area contributed by atoms with Crippen LogP contribution in [0.2, 0.25) is 0 Å². The van der Waals surface area contributed by atoms with Crippen LogP contribution in [0.25, 0.3) is 11.4 Å². The fourth-order valence-corrected chi connectivity index (χ4v) is 4.13. The highest BCUT2D eigenvalue weighted by atomic mass is 16.1. The molecule has 6 heteroatoms. The summed E-state index contributed by atoms with van der Waals surface area (Å²) >= 11 is 0. The van der Waals surface area contributed by atoms with Crippen LogP contribution >= 0.6 is 0 Å². The van der Waals surface area contributed by atoms with E-state index in [2.05, 4.69) is 64.1 Å². The number of aryl methyl sites for hydroxylation is 3. The Bertz CT molecular complexity index is 1020. The van der Waals surface area contributed by atoms with E-state index < -0.39 is 0 Å². The van der Waals surface area contributed by atoms with Crippen LogP contribution in [0.15, 0.2) is 21.9 Å². The molecule has 27 heavy (non-hydrogen) atoms. The van der Waals surface area contributed by atoms with Crippen molar-refractivity contribution >= 4 is 5.70 Å². The van der Waals surface area contributed by atoms with Crippen molar-refractivity contribution in [2.24, 2.45) is 12.0 Å². The molecule has 1 aliphatic rings. The molecule has 146 valence electrons. The average molecular weight is 370 g/mol. The first kappa shape index (κ1) is 19.4. The maximum absolute atomic E-state index is 13.2. The SMILES string of the molecule is CCCNN1C(CC)=c2c(n(-c3c(C)cc(C)cc3C)c(=O)n2C)=NC1C. The summed E-state index contributed by atoms with van der Waals surface area (Å²) in [6, 6.07) is 4.25. The lowest BCUT2D eigenvalue weighted by molar-refractivity contribution is 0.211. The first-order valence-electron chi connectivity index (χ1n) is 9.81. The van der Waals surface area contributed by atoms with Crippen molar-refractivity contribution in [1.29, 1.82) is 0 Å². The Labute approximate surface area is 160 Å². The zero-order valence-corrected chi connectivity index (χ0v) is 17.6. The van der Waals surface area contributed by atoms with Crippen LogP contribution in [0, 0.1) is 20.8 Å². The third-order valence-corrected chi connectivity index (χ3v) is 5.21. The van der Waals surface area contributed by atoms with E-state index in [1.165, 1.54) is 5.56 Å². The predicted octanol–water partition coefficient (Wildman–Crippen LogP) is 1.82. The van der Waals surface area contributed by atoms with Gasteiger partial charge in [-0.1, -0.05) is 31.5 Å². The molecule has 0 aliphatic carbocycles. The Morgan fingerprint density at radius 3 is 2.33 bits per heavy atom. The van der Waals surface area contributed by atoms with E-state index in [9.17, 15) is 4.79 Å². The lowest BCUT2D eigenvalue weighted by Gasteiger charge is -2.32. The highest BCUT2D eigenvalue weighted by Crippen LogP contribution is 2.19. The number of aromatic nitrogens is 2. The van der Waals surface area contributed by atoms with Crippen molar-refractivity contribution in [1.82, 2.24) is 19.6 Å². The second-order valence-electron chi connectivity index (χ2n) is 7.44. The van der Waals surface area contributed by atoms with E-state index in [1.54, 1.807) is 9.13 Å². The number of nitrogens with one attached hydrogen (secondary N) is 1. The smallest absolute Gasteiger partial charge is 0.292 e. The molecule has 1 unspecified atom stereocenters. The summed E-state index contributed by atoms with van der Waals surface area (Å²) < 4.78 is 3.53. The van der Waals surface area contributed by atoms with Gasteiger partial charge in [-0.3, -0.25) is 9.58 Å². The minimum Gasteiger partial charge on any atom is -0.292 e. The van der Waals surface area contributed by atoms with Crippen LogP contribution in [0.3, 0.4) is 0 Å². The zero-order chi connectivity index (χ0) is 19.9. The third kappa shape index (κ3) is 3.12. The van der Waals surface area contributed by atoms with Crippen molar-refractivity contribution in [3.63, 3.8) is 0 Å². The van der Waals surface area contributed by atoms with Gasteiger partial charge in [-0.25, -0.2) is 19.8 Å². The van der Waals surface area contributed by atoms with E-state index in [4.69, 9.17) is 4.99 Å². The first-order valence-corrected chi connectivity index (χ1v) is 9.81. The summed E-state index contributed by atoms with van der Waals surface area (Å²) in [5.74, 6) is 0. The molecule has 0 spiro atoms. The molecule has 6 nitrogen and oxygen atoms in total. The van der Waals surface area contributed by atoms with Gasteiger partial charge < -0.3 is 0 Å². The summed E-state index contributed by atoms with van der Waals surface area (Å²) in [5, 5.41) is 3.02. The molecule has 0 saturated carbocycles. The normalized spacial score (nSPS) is 16.5. The molecule has 1 N–H and O–H groups in total. The number of benzene rings is 1. The van der Waals surface area contributed by atoms with Gasteiger partial charge in [0.15, 0.2) is 5.49 Å². The molecule has 1 aliphatic heterocycles. The molecular weight excluding hydrogens is 338 g/mol. The topological polar surface area (TPSA) is 54.6 Å². The Morgan fingerprint density at radius 2 is 1.78 bits per heavy atom. The van der Waals surface area contributed by atoms with Crippen LogP contribution in [0.4, 0.5) is 0 Å². The fraction of sp³-hybridized carbons (Fsp3) is 0.524. The van der Waals surface area contributed by atoms with Gasteiger partial charge in [-0.15, -0.1) is 0 Å². The van der Waals surface area contributed by atoms with Gasteiger partial charge in [0, 0.05) is 13.6 Å². The van der Waals surface area contributed by atoms with Crippen molar-refractivity contribution in [3.05, 3.63) is 50.1 Å². The Hall–Kier alpha value is -2.34. The van der Waals surface area contributed by atoms with E-state index >= 15 is 0 Å². The van der Waals surface area contributed by atoms with Crippen LogP contribution in [0.5, 0.6) is 0 Å². The Kier molecular flexibility index (Phi) is 5.29. The van der Waals surface area contributed by atoms with Crippen molar-refractivity contribution < 1.29 is 0 Å². The molecule has 0 fully saturated rings.